The Kier molecular flexibility index (Phi) is 5.75. The molecular formula is C18H16Cl2N4O2. The van der Waals surface area contributed by atoms with Crippen molar-refractivity contribution in [2.45, 2.75) is 6.92 Å². The van der Waals surface area contributed by atoms with Crippen LogP contribution in [0.5, 0.6) is 0 Å². The zero-order valence-electron chi connectivity index (χ0n) is 13.9. The van der Waals surface area contributed by atoms with Gasteiger partial charge >= 0.3 is 6.09 Å². The third-order valence-corrected chi connectivity index (χ3v) is 4.13. The lowest BCUT2D eigenvalue weighted by atomic mass is 10.0. The van der Waals surface area contributed by atoms with Gasteiger partial charge in [-0.2, -0.15) is 0 Å². The van der Waals surface area contributed by atoms with Crippen molar-refractivity contribution < 1.29 is 9.53 Å². The average Bonchev–Trinajstić information content (AvgIpc) is 2.80. The van der Waals surface area contributed by atoms with E-state index in [0.717, 1.165) is 11.1 Å². The van der Waals surface area contributed by atoms with Gasteiger partial charge in [-0.15, -0.1) is 0 Å². The first-order chi connectivity index (χ1) is 12.6. The van der Waals surface area contributed by atoms with Gasteiger partial charge in [-0.3, -0.25) is 10.4 Å². The number of ether oxygens (including phenoxy) is 1. The van der Waals surface area contributed by atoms with Crippen molar-refractivity contribution in [2.75, 3.05) is 13.2 Å². The van der Waals surface area contributed by atoms with Crippen LogP contribution in [0.2, 0.25) is 10.0 Å². The topological polar surface area (TPSA) is 75.1 Å². The normalized spacial score (nSPS) is 13.0. The van der Waals surface area contributed by atoms with E-state index in [-0.39, 0.29) is 13.2 Å². The number of hydrazine groups is 1. The summed E-state index contributed by atoms with van der Waals surface area (Å²) in [5, 5.41) is 1.15. The fraction of sp³-hybridized carbons (Fsp3) is 0.167. The van der Waals surface area contributed by atoms with Crippen molar-refractivity contribution in [3.63, 3.8) is 0 Å². The molecule has 0 spiro atoms. The van der Waals surface area contributed by atoms with Gasteiger partial charge in [0.25, 0.3) is 0 Å². The Morgan fingerprint density at radius 3 is 2.77 bits per heavy atom. The Morgan fingerprint density at radius 2 is 2.00 bits per heavy atom. The highest BCUT2D eigenvalue weighted by Gasteiger charge is 2.18. The van der Waals surface area contributed by atoms with E-state index in [1.54, 1.807) is 31.2 Å². The fourth-order valence-corrected chi connectivity index (χ4v) is 2.85. The summed E-state index contributed by atoms with van der Waals surface area (Å²) in [4.78, 5) is 20.6. The average molecular weight is 391 g/mol. The molecule has 1 amide bonds. The Labute approximate surface area is 160 Å². The zero-order chi connectivity index (χ0) is 18.5. The van der Waals surface area contributed by atoms with Crippen molar-refractivity contribution >= 4 is 46.5 Å². The maximum Gasteiger partial charge on any atom is 0.425 e. The number of amidine groups is 1. The highest BCUT2D eigenvalue weighted by atomic mass is 35.5. The SMILES string of the molecule is CCOC(=O)NNC1=Nc2ccc(Cl)cc2C(c2ccccc2Cl)=NC1. The van der Waals surface area contributed by atoms with Crippen LogP contribution in [0.3, 0.4) is 0 Å². The smallest absolute Gasteiger partial charge is 0.425 e. The van der Waals surface area contributed by atoms with Gasteiger partial charge in [-0.1, -0.05) is 41.4 Å². The molecule has 26 heavy (non-hydrogen) atoms. The third-order valence-electron chi connectivity index (χ3n) is 3.57. The molecule has 8 heteroatoms. The molecule has 0 fully saturated rings. The highest BCUT2D eigenvalue weighted by molar-refractivity contribution is 6.36. The number of nitrogens with zero attached hydrogens (tertiary/aromatic N) is 2. The second-order valence-corrected chi connectivity index (χ2v) is 6.18. The number of fused-ring (bicyclic) bond motifs is 1. The van der Waals surface area contributed by atoms with Gasteiger partial charge in [0.2, 0.25) is 0 Å². The molecule has 2 aromatic carbocycles. The molecule has 2 N–H and O–H groups in total. The van der Waals surface area contributed by atoms with Crippen molar-refractivity contribution in [3.8, 4) is 0 Å². The predicted molar refractivity (Wildman–Crippen MR) is 104 cm³/mol. The number of carbonyl (C=O) groups excluding carboxylic acids is 1. The van der Waals surface area contributed by atoms with Crippen LogP contribution >= 0.6 is 23.2 Å². The fourth-order valence-electron chi connectivity index (χ4n) is 2.46. The van der Waals surface area contributed by atoms with Crippen LogP contribution in [-0.4, -0.2) is 30.8 Å². The second-order valence-electron chi connectivity index (χ2n) is 5.34. The lowest BCUT2D eigenvalue weighted by Gasteiger charge is -2.10. The van der Waals surface area contributed by atoms with Crippen LogP contribution in [0.15, 0.2) is 52.4 Å². The Balaban J connectivity index is 1.97. The molecule has 0 aromatic heterocycles. The largest absolute Gasteiger partial charge is 0.449 e. The molecule has 0 aliphatic carbocycles. The van der Waals surface area contributed by atoms with Gasteiger partial charge in [0.05, 0.1) is 24.6 Å². The number of nitrogens with one attached hydrogen (secondary N) is 2. The van der Waals surface area contributed by atoms with Gasteiger partial charge < -0.3 is 4.74 Å². The molecule has 0 unspecified atom stereocenters. The number of rotatable bonds is 2. The quantitative estimate of drug-likeness (QED) is 0.757. The maximum atomic E-state index is 11.5. The lowest BCUT2D eigenvalue weighted by molar-refractivity contribution is 0.150. The van der Waals surface area contributed by atoms with E-state index in [0.29, 0.717) is 27.3 Å². The third kappa shape index (κ3) is 4.15. The van der Waals surface area contributed by atoms with Crippen LogP contribution in [0.1, 0.15) is 18.1 Å². The highest BCUT2D eigenvalue weighted by Crippen LogP contribution is 2.30. The molecule has 134 valence electrons. The van der Waals surface area contributed by atoms with E-state index in [1.165, 1.54) is 0 Å². The summed E-state index contributed by atoms with van der Waals surface area (Å²) < 4.78 is 4.82. The van der Waals surface area contributed by atoms with E-state index in [9.17, 15) is 4.79 Å². The summed E-state index contributed by atoms with van der Waals surface area (Å²) in [6.07, 6.45) is -0.592. The minimum absolute atomic E-state index is 0.221. The molecule has 0 saturated heterocycles. The molecule has 2 aromatic rings. The van der Waals surface area contributed by atoms with Crippen LogP contribution in [-0.2, 0) is 4.74 Å². The summed E-state index contributed by atoms with van der Waals surface area (Å²) >= 11 is 12.5. The first kappa shape index (κ1) is 18.2. The lowest BCUT2D eigenvalue weighted by Crippen LogP contribution is -2.43. The summed E-state index contributed by atoms with van der Waals surface area (Å²) in [6.45, 7) is 2.22. The number of halogens is 2. The summed E-state index contributed by atoms with van der Waals surface area (Å²) in [5.74, 6) is 0.462. The predicted octanol–water partition coefficient (Wildman–Crippen LogP) is 4.13. The molecule has 1 aliphatic heterocycles. The Bertz CT molecular complexity index is 897. The van der Waals surface area contributed by atoms with Gasteiger partial charge in [0.15, 0.2) is 0 Å². The van der Waals surface area contributed by atoms with Crippen molar-refractivity contribution in [1.29, 1.82) is 0 Å². The molecule has 6 nitrogen and oxygen atoms in total. The van der Waals surface area contributed by atoms with E-state index >= 15 is 0 Å². The molecule has 0 atom stereocenters. The van der Waals surface area contributed by atoms with Crippen LogP contribution in [0.25, 0.3) is 0 Å². The number of carbonyl (C=O) groups is 1. The van der Waals surface area contributed by atoms with Gasteiger partial charge in [0, 0.05) is 21.2 Å². The minimum atomic E-state index is -0.592. The summed E-state index contributed by atoms with van der Waals surface area (Å²) in [6, 6.07) is 12.8. The molecule has 1 aliphatic rings. The van der Waals surface area contributed by atoms with E-state index in [2.05, 4.69) is 20.8 Å². The molecule has 0 saturated carbocycles. The maximum absolute atomic E-state index is 11.5. The van der Waals surface area contributed by atoms with E-state index in [4.69, 9.17) is 27.9 Å². The molecule has 1 heterocycles. The molecule has 0 radical (unpaired) electrons. The molecule has 0 bridgehead atoms. The van der Waals surface area contributed by atoms with Gasteiger partial charge in [-0.25, -0.2) is 15.2 Å². The zero-order valence-corrected chi connectivity index (χ0v) is 15.4. The van der Waals surface area contributed by atoms with E-state index < -0.39 is 6.09 Å². The monoisotopic (exact) mass is 390 g/mol. The number of benzene rings is 2. The Hall–Kier alpha value is -2.57. The van der Waals surface area contributed by atoms with E-state index in [1.807, 2.05) is 18.2 Å². The summed E-state index contributed by atoms with van der Waals surface area (Å²) in [7, 11) is 0. The number of hydrogen-bond acceptors (Lipinski definition) is 5. The van der Waals surface area contributed by atoms with Crippen LogP contribution < -0.4 is 10.9 Å². The summed E-state index contributed by atoms with van der Waals surface area (Å²) in [5.41, 5.74) is 8.06. The van der Waals surface area contributed by atoms with Crippen molar-refractivity contribution in [1.82, 2.24) is 10.9 Å². The standard InChI is InChI=1S/C18H16Cl2N4O2/c1-2-26-18(25)24-23-16-10-21-17(12-5-3-4-6-14(12)20)13-9-11(19)7-8-15(13)22-16/h3-9H,2,10H2,1H3,(H,22,23)(H,24,25). The second kappa shape index (κ2) is 8.21. The number of aliphatic imine (C=N–C) groups is 2. The first-order valence-corrected chi connectivity index (χ1v) is 8.69. The van der Waals surface area contributed by atoms with Crippen molar-refractivity contribution in [3.05, 3.63) is 63.6 Å². The van der Waals surface area contributed by atoms with Crippen LogP contribution in [0, 0.1) is 0 Å². The van der Waals surface area contributed by atoms with Crippen LogP contribution in [0.4, 0.5) is 10.5 Å². The number of hydrogen-bond donors (Lipinski definition) is 2. The molecule has 3 rings (SSSR count). The first-order valence-electron chi connectivity index (χ1n) is 7.94. The Morgan fingerprint density at radius 1 is 1.19 bits per heavy atom. The molecular weight excluding hydrogens is 375 g/mol. The van der Waals surface area contributed by atoms with Gasteiger partial charge in [-0.05, 0) is 31.2 Å². The minimum Gasteiger partial charge on any atom is -0.449 e. The number of amides is 1. The van der Waals surface area contributed by atoms with Crippen molar-refractivity contribution in [2.24, 2.45) is 9.98 Å². The van der Waals surface area contributed by atoms with Gasteiger partial charge in [0.1, 0.15) is 5.84 Å².